The first-order valence-electron chi connectivity index (χ1n) is 11.0. The van der Waals surface area contributed by atoms with E-state index in [2.05, 4.69) is 0 Å². The maximum Gasteiger partial charge on any atom is 0.389 e. The van der Waals surface area contributed by atoms with E-state index < -0.39 is 30.3 Å². The molecule has 1 saturated carbocycles. The molecule has 3 rings (SSSR count). The number of rotatable bonds is 7. The second-order valence-electron chi connectivity index (χ2n) is 9.37. The third-order valence-electron chi connectivity index (χ3n) is 6.72. The average molecular weight is 457 g/mol. The number of aliphatic hydroxyl groups is 2. The number of aryl methyl sites for hydroxylation is 1. The van der Waals surface area contributed by atoms with Gasteiger partial charge in [-0.1, -0.05) is 18.2 Å². The van der Waals surface area contributed by atoms with Crippen LogP contribution in [0.25, 0.3) is 0 Å². The van der Waals surface area contributed by atoms with Crippen molar-refractivity contribution in [3.05, 3.63) is 41.0 Å². The van der Waals surface area contributed by atoms with E-state index in [1.807, 2.05) is 6.08 Å². The molecule has 1 aromatic carbocycles. The van der Waals surface area contributed by atoms with Gasteiger partial charge < -0.3 is 20.1 Å². The molecule has 0 aromatic heterocycles. The molecule has 1 fully saturated rings. The number of aromatic carboxylic acids is 1. The highest BCUT2D eigenvalue weighted by molar-refractivity contribution is 5.90. The van der Waals surface area contributed by atoms with Gasteiger partial charge in [-0.25, -0.2) is 4.79 Å². The smallest absolute Gasteiger partial charge is 0.389 e. The zero-order valence-corrected chi connectivity index (χ0v) is 18.4. The second-order valence-corrected chi connectivity index (χ2v) is 9.37. The summed E-state index contributed by atoms with van der Waals surface area (Å²) in [4.78, 5) is 11.5. The van der Waals surface area contributed by atoms with Gasteiger partial charge in [-0.05, 0) is 57.6 Å². The molecule has 0 radical (unpaired) electrons. The molecule has 2 aliphatic rings. The minimum Gasteiger partial charge on any atom is -0.489 e. The number of carboxylic acid groups (broad SMARTS) is 1. The molecule has 1 aliphatic carbocycles. The minimum absolute atomic E-state index is 0.0245. The van der Waals surface area contributed by atoms with E-state index in [1.165, 1.54) is 6.92 Å². The predicted octanol–water partition coefficient (Wildman–Crippen LogP) is 4.81. The van der Waals surface area contributed by atoms with Crippen LogP contribution in [0.2, 0.25) is 0 Å². The van der Waals surface area contributed by atoms with Crippen LogP contribution in [0, 0.1) is 18.8 Å². The number of hydrogen-bond acceptors (Lipinski definition) is 4. The van der Waals surface area contributed by atoms with E-state index >= 15 is 0 Å². The summed E-state index contributed by atoms with van der Waals surface area (Å²) in [5, 5.41) is 30.4. The third-order valence-corrected chi connectivity index (χ3v) is 6.72. The summed E-state index contributed by atoms with van der Waals surface area (Å²) in [6.07, 6.45) is -0.458. The highest BCUT2D eigenvalue weighted by Gasteiger charge is 2.44. The van der Waals surface area contributed by atoms with E-state index in [-0.39, 0.29) is 42.8 Å². The van der Waals surface area contributed by atoms with E-state index in [4.69, 9.17) is 4.74 Å². The van der Waals surface area contributed by atoms with Crippen LogP contribution in [-0.2, 0) is 6.42 Å². The van der Waals surface area contributed by atoms with Gasteiger partial charge in [-0.3, -0.25) is 0 Å². The Morgan fingerprint density at radius 2 is 2.00 bits per heavy atom. The number of hydrogen-bond donors (Lipinski definition) is 3. The lowest BCUT2D eigenvalue weighted by Gasteiger charge is -2.24. The molecule has 1 heterocycles. The lowest BCUT2D eigenvalue weighted by Crippen LogP contribution is -2.25. The zero-order valence-electron chi connectivity index (χ0n) is 18.4. The van der Waals surface area contributed by atoms with Crippen LogP contribution in [0.3, 0.4) is 0 Å². The summed E-state index contributed by atoms with van der Waals surface area (Å²) >= 11 is 0. The minimum atomic E-state index is -4.23. The molecule has 8 heteroatoms. The number of alkyl halides is 3. The molecule has 1 aliphatic heterocycles. The Bertz CT molecular complexity index is 862. The van der Waals surface area contributed by atoms with Crippen LogP contribution in [0.4, 0.5) is 13.2 Å². The van der Waals surface area contributed by atoms with E-state index in [9.17, 15) is 33.3 Å². The molecule has 1 aromatic rings. The van der Waals surface area contributed by atoms with Crippen LogP contribution in [0.5, 0.6) is 5.75 Å². The van der Waals surface area contributed by atoms with Crippen LogP contribution in [-0.4, -0.2) is 45.3 Å². The first kappa shape index (κ1) is 24.6. The van der Waals surface area contributed by atoms with Gasteiger partial charge in [0.1, 0.15) is 11.9 Å². The number of ether oxygens (including phenoxy) is 1. The molecule has 0 saturated heterocycles. The predicted molar refractivity (Wildman–Crippen MR) is 113 cm³/mol. The fourth-order valence-electron chi connectivity index (χ4n) is 4.95. The number of carbonyl (C=O) groups is 1. The Morgan fingerprint density at radius 1 is 1.28 bits per heavy atom. The van der Waals surface area contributed by atoms with Gasteiger partial charge in [0.05, 0.1) is 17.3 Å². The summed E-state index contributed by atoms with van der Waals surface area (Å²) < 4.78 is 43.2. The lowest BCUT2D eigenvalue weighted by atomic mass is 9.87. The summed E-state index contributed by atoms with van der Waals surface area (Å²) in [7, 11) is 0. The number of benzene rings is 1. The third kappa shape index (κ3) is 5.84. The molecular formula is C24H31F3O5. The maximum atomic E-state index is 12.3. The van der Waals surface area contributed by atoms with Crippen molar-refractivity contribution >= 4 is 5.97 Å². The highest BCUT2D eigenvalue weighted by Crippen LogP contribution is 2.44. The van der Waals surface area contributed by atoms with Gasteiger partial charge in [-0.15, -0.1) is 0 Å². The Morgan fingerprint density at radius 3 is 2.66 bits per heavy atom. The molecule has 0 unspecified atom stereocenters. The number of halogens is 3. The van der Waals surface area contributed by atoms with Gasteiger partial charge >= 0.3 is 12.1 Å². The molecule has 32 heavy (non-hydrogen) atoms. The number of aliphatic hydroxyl groups excluding tert-OH is 1. The number of carboxylic acids is 1. The van der Waals surface area contributed by atoms with Crippen LogP contribution in [0.15, 0.2) is 24.3 Å². The number of fused-ring (bicyclic) bond motifs is 2. The molecule has 178 valence electrons. The first-order valence-corrected chi connectivity index (χ1v) is 11.0. The lowest BCUT2D eigenvalue weighted by molar-refractivity contribution is -0.137. The summed E-state index contributed by atoms with van der Waals surface area (Å²) in [5.41, 5.74) is 0.487. The van der Waals surface area contributed by atoms with Crippen molar-refractivity contribution in [1.82, 2.24) is 0 Å². The fourth-order valence-corrected chi connectivity index (χ4v) is 4.95. The topological polar surface area (TPSA) is 87.0 Å². The van der Waals surface area contributed by atoms with Gasteiger partial charge in [0.2, 0.25) is 0 Å². The molecule has 5 atom stereocenters. The van der Waals surface area contributed by atoms with Crippen LogP contribution in [0.1, 0.15) is 66.9 Å². The summed E-state index contributed by atoms with van der Waals surface area (Å²) in [6.45, 7) is 3.25. The van der Waals surface area contributed by atoms with Crippen molar-refractivity contribution in [3.8, 4) is 5.75 Å². The largest absolute Gasteiger partial charge is 0.489 e. The van der Waals surface area contributed by atoms with Gasteiger partial charge in [0, 0.05) is 30.2 Å². The molecule has 3 N–H and O–H groups in total. The second kappa shape index (κ2) is 9.43. The van der Waals surface area contributed by atoms with Crippen molar-refractivity contribution in [1.29, 1.82) is 0 Å². The average Bonchev–Trinajstić information content (AvgIpc) is 2.83. The summed E-state index contributed by atoms with van der Waals surface area (Å²) in [5.74, 6) is -0.595. The van der Waals surface area contributed by atoms with Crippen molar-refractivity contribution in [3.63, 3.8) is 0 Å². The van der Waals surface area contributed by atoms with Crippen molar-refractivity contribution in [2.75, 3.05) is 0 Å². The Hall–Kier alpha value is -2.06. The van der Waals surface area contributed by atoms with E-state index in [0.717, 1.165) is 12.0 Å². The first-order chi connectivity index (χ1) is 14.9. The molecule has 0 amide bonds. The molecule has 0 spiro atoms. The van der Waals surface area contributed by atoms with E-state index in [1.54, 1.807) is 25.1 Å². The normalized spacial score (nSPS) is 27.3. The van der Waals surface area contributed by atoms with Gasteiger partial charge in [0.15, 0.2) is 0 Å². The standard InChI is InChI=1S/C24H31F3O5/c1-14-16(22(29)30)8-6-15-7-9-18-17(19(28)13-20(18)32-21(14)15)5-3-10-23(2,31)11-4-12-24(25,26)27/h3,5-6,8,17-20,28,31H,4,7,9-13H2,1-2H3,(H,29,30)/b5-3+/t17-,18-,19-,20+,23-/m1/s1. The quantitative estimate of drug-likeness (QED) is 0.513. The zero-order chi connectivity index (χ0) is 23.7. The molecular weight excluding hydrogens is 425 g/mol. The maximum absolute atomic E-state index is 12.3. The fraction of sp³-hybridized carbons (Fsp3) is 0.625. The molecule has 5 nitrogen and oxygen atoms in total. The van der Waals surface area contributed by atoms with Gasteiger partial charge in [-0.2, -0.15) is 13.2 Å². The Labute approximate surface area is 185 Å². The summed E-state index contributed by atoms with van der Waals surface area (Å²) in [6, 6.07) is 3.38. The van der Waals surface area contributed by atoms with Crippen molar-refractivity contribution in [2.45, 2.75) is 82.8 Å². The van der Waals surface area contributed by atoms with Crippen molar-refractivity contribution < 1.29 is 38.0 Å². The Balaban J connectivity index is 1.65. The monoisotopic (exact) mass is 456 g/mol. The van der Waals surface area contributed by atoms with Crippen molar-refractivity contribution in [2.24, 2.45) is 11.8 Å². The van der Waals surface area contributed by atoms with Crippen LogP contribution >= 0.6 is 0 Å². The van der Waals surface area contributed by atoms with Gasteiger partial charge in [0.25, 0.3) is 0 Å². The van der Waals surface area contributed by atoms with Crippen LogP contribution < -0.4 is 4.74 Å². The highest BCUT2D eigenvalue weighted by atomic mass is 19.4. The van der Waals surface area contributed by atoms with E-state index in [0.29, 0.717) is 24.2 Å². The SMILES string of the molecule is Cc1c(C(=O)O)ccc2c1O[C@H]1C[C@@H](O)[C@H](/C=C/C[C@@](C)(O)CCCC(F)(F)F)[C@H]1CC2. The Kier molecular flexibility index (Phi) is 7.25. The molecule has 0 bridgehead atoms.